The van der Waals surface area contributed by atoms with Crippen LogP contribution in [0.15, 0.2) is 66.4 Å². The van der Waals surface area contributed by atoms with Crippen LogP contribution in [-0.2, 0) is 4.79 Å². The fraction of sp³-hybridized carbons (Fsp3) is 0.419. The molecule has 1 saturated heterocycles. The van der Waals surface area contributed by atoms with Crippen LogP contribution in [0.3, 0.4) is 0 Å². The average molecular weight is 520 g/mol. The minimum absolute atomic E-state index is 0.0658. The lowest BCUT2D eigenvalue weighted by Gasteiger charge is -2.44. The summed E-state index contributed by atoms with van der Waals surface area (Å²) in [5.41, 5.74) is 2.23. The predicted molar refractivity (Wildman–Crippen MR) is 144 cm³/mol. The van der Waals surface area contributed by atoms with Crippen molar-refractivity contribution in [2.75, 3.05) is 11.9 Å². The van der Waals surface area contributed by atoms with Gasteiger partial charge in [-0.1, -0.05) is 37.1 Å². The molecule has 2 aromatic rings. The van der Waals surface area contributed by atoms with Gasteiger partial charge in [-0.15, -0.1) is 0 Å². The molecule has 0 radical (unpaired) electrons. The molecule has 1 saturated carbocycles. The Labute approximate surface area is 223 Å². The standard InChI is InChI=1S/C31H35F2N3O2/c1-20-6-4-10-27(33)28(20)31(38)36-19-5-9-26(30(37)35-25-17-13-22(32)14-18-25)29(36)21-11-15-24(16-12-21)34-23-7-2-3-8-23/h4,6,10-11,13-18,21,23,26,29,34H,2-3,5,7-9,12,19H2,1H3,(H,35,37)/t21?,26-,29-/m0/s1. The van der Waals surface area contributed by atoms with Crippen LogP contribution in [0.2, 0.25) is 0 Å². The van der Waals surface area contributed by atoms with E-state index < -0.39 is 17.8 Å². The van der Waals surface area contributed by atoms with E-state index in [2.05, 4.69) is 28.9 Å². The number of benzene rings is 2. The number of nitrogens with one attached hydrogen (secondary N) is 2. The number of anilines is 1. The number of rotatable bonds is 6. The van der Waals surface area contributed by atoms with Crippen LogP contribution in [0.4, 0.5) is 14.5 Å². The number of halogens is 2. The summed E-state index contributed by atoms with van der Waals surface area (Å²) in [6, 6.07) is 10.4. The lowest BCUT2D eigenvalue weighted by atomic mass is 9.77. The molecule has 2 fully saturated rings. The normalized spacial score (nSPS) is 23.7. The smallest absolute Gasteiger partial charge is 0.257 e. The molecular weight excluding hydrogens is 484 g/mol. The van der Waals surface area contributed by atoms with Crippen LogP contribution in [0, 0.1) is 30.4 Å². The van der Waals surface area contributed by atoms with Crippen molar-refractivity contribution in [3.63, 3.8) is 0 Å². The fourth-order valence-corrected chi connectivity index (χ4v) is 6.19. The highest BCUT2D eigenvalue weighted by atomic mass is 19.1. The van der Waals surface area contributed by atoms with Crippen molar-refractivity contribution in [1.29, 1.82) is 0 Å². The minimum Gasteiger partial charge on any atom is -0.383 e. The van der Waals surface area contributed by atoms with Gasteiger partial charge < -0.3 is 15.5 Å². The molecule has 7 heteroatoms. The first-order valence-electron chi connectivity index (χ1n) is 13.7. The summed E-state index contributed by atoms with van der Waals surface area (Å²) < 4.78 is 28.3. The molecule has 2 amide bonds. The van der Waals surface area contributed by atoms with Gasteiger partial charge in [0, 0.05) is 29.9 Å². The maximum absolute atomic E-state index is 14.9. The molecule has 3 aliphatic rings. The Morgan fingerprint density at radius 1 is 0.974 bits per heavy atom. The summed E-state index contributed by atoms with van der Waals surface area (Å²) in [5, 5.41) is 6.54. The van der Waals surface area contributed by atoms with Gasteiger partial charge >= 0.3 is 0 Å². The minimum atomic E-state index is -0.547. The van der Waals surface area contributed by atoms with Gasteiger partial charge in [0.15, 0.2) is 0 Å². The molecule has 0 bridgehead atoms. The van der Waals surface area contributed by atoms with Crippen LogP contribution in [0.5, 0.6) is 0 Å². The Hall–Kier alpha value is -3.48. The Morgan fingerprint density at radius 3 is 2.42 bits per heavy atom. The number of carbonyl (C=O) groups is 2. The average Bonchev–Trinajstić information content (AvgIpc) is 3.43. The van der Waals surface area contributed by atoms with E-state index in [-0.39, 0.29) is 29.1 Å². The molecule has 2 aliphatic carbocycles. The van der Waals surface area contributed by atoms with Crippen LogP contribution in [-0.4, -0.2) is 35.3 Å². The quantitative estimate of drug-likeness (QED) is 0.483. The molecule has 3 atom stereocenters. The van der Waals surface area contributed by atoms with Gasteiger partial charge in [-0.2, -0.15) is 0 Å². The van der Waals surface area contributed by atoms with Gasteiger partial charge in [0.05, 0.1) is 17.5 Å². The van der Waals surface area contributed by atoms with Crippen molar-refractivity contribution in [3.05, 3.63) is 89.2 Å². The molecule has 38 heavy (non-hydrogen) atoms. The van der Waals surface area contributed by atoms with Crippen molar-refractivity contribution in [3.8, 4) is 0 Å². The van der Waals surface area contributed by atoms with Crippen molar-refractivity contribution >= 4 is 17.5 Å². The summed E-state index contributed by atoms with van der Waals surface area (Å²) >= 11 is 0. The van der Waals surface area contributed by atoms with Crippen LogP contribution in [0.1, 0.15) is 60.9 Å². The number of likely N-dealkylation sites (tertiary alicyclic amines) is 1. The van der Waals surface area contributed by atoms with Crippen LogP contribution >= 0.6 is 0 Å². The zero-order chi connectivity index (χ0) is 26.6. The highest BCUT2D eigenvalue weighted by Crippen LogP contribution is 2.36. The second-order valence-corrected chi connectivity index (χ2v) is 10.7. The number of allylic oxidation sites excluding steroid dienone is 2. The first kappa shape index (κ1) is 26.1. The Bertz CT molecular complexity index is 1210. The molecule has 1 heterocycles. The molecule has 5 rings (SSSR count). The monoisotopic (exact) mass is 519 g/mol. The van der Waals surface area contributed by atoms with E-state index in [1.165, 1.54) is 56.0 Å². The molecule has 5 nitrogen and oxygen atoms in total. The van der Waals surface area contributed by atoms with Crippen molar-refractivity contribution in [2.45, 2.75) is 64.0 Å². The first-order valence-corrected chi connectivity index (χ1v) is 13.7. The zero-order valence-electron chi connectivity index (χ0n) is 21.8. The van der Waals surface area contributed by atoms with E-state index in [9.17, 15) is 18.4 Å². The summed E-state index contributed by atoms with van der Waals surface area (Å²) in [7, 11) is 0. The maximum atomic E-state index is 14.9. The van der Waals surface area contributed by atoms with E-state index >= 15 is 0 Å². The maximum Gasteiger partial charge on any atom is 0.257 e. The highest BCUT2D eigenvalue weighted by Gasteiger charge is 2.43. The predicted octanol–water partition coefficient (Wildman–Crippen LogP) is 6.12. The lowest BCUT2D eigenvalue weighted by molar-refractivity contribution is -0.123. The van der Waals surface area contributed by atoms with Crippen molar-refractivity contribution in [1.82, 2.24) is 10.2 Å². The molecule has 0 spiro atoms. The van der Waals surface area contributed by atoms with Crippen LogP contribution < -0.4 is 10.6 Å². The SMILES string of the molecule is Cc1cccc(F)c1C(=O)N1CCC[C@H](C(=O)Nc2ccc(F)cc2)[C@@H]1C1C=CC(NC2CCCC2)=CC1. The van der Waals surface area contributed by atoms with E-state index in [0.29, 0.717) is 43.1 Å². The summed E-state index contributed by atoms with van der Waals surface area (Å²) in [6.07, 6.45) is 13.1. The number of carbonyl (C=O) groups excluding carboxylic acids is 2. The Kier molecular flexibility index (Phi) is 7.91. The van der Waals surface area contributed by atoms with Crippen molar-refractivity contribution < 1.29 is 18.4 Å². The first-order chi connectivity index (χ1) is 18.4. The number of hydrogen-bond acceptors (Lipinski definition) is 3. The number of amides is 2. The topological polar surface area (TPSA) is 61.4 Å². The van der Waals surface area contributed by atoms with E-state index in [0.717, 1.165) is 5.70 Å². The second kappa shape index (κ2) is 11.5. The van der Waals surface area contributed by atoms with Crippen molar-refractivity contribution in [2.24, 2.45) is 11.8 Å². The number of piperidine rings is 1. The third kappa shape index (κ3) is 5.66. The molecule has 200 valence electrons. The fourth-order valence-electron chi connectivity index (χ4n) is 6.19. The Balaban J connectivity index is 1.42. The lowest BCUT2D eigenvalue weighted by Crippen LogP contribution is -2.55. The summed E-state index contributed by atoms with van der Waals surface area (Å²) in [4.78, 5) is 29.1. The summed E-state index contributed by atoms with van der Waals surface area (Å²) in [5.74, 6) is -2.10. The number of aryl methyl sites for hydroxylation is 1. The third-order valence-electron chi connectivity index (χ3n) is 8.13. The molecule has 0 aromatic heterocycles. The molecular formula is C31H35F2N3O2. The van der Waals surface area contributed by atoms with Crippen LogP contribution in [0.25, 0.3) is 0 Å². The number of nitrogens with zero attached hydrogens (tertiary/aromatic N) is 1. The Morgan fingerprint density at radius 2 is 1.74 bits per heavy atom. The number of hydrogen-bond donors (Lipinski definition) is 2. The van der Waals surface area contributed by atoms with Gasteiger partial charge in [0.1, 0.15) is 11.6 Å². The summed E-state index contributed by atoms with van der Waals surface area (Å²) in [6.45, 7) is 2.19. The molecule has 2 N–H and O–H groups in total. The van der Waals surface area contributed by atoms with Gasteiger partial charge in [-0.3, -0.25) is 9.59 Å². The second-order valence-electron chi connectivity index (χ2n) is 10.7. The van der Waals surface area contributed by atoms with Gasteiger partial charge in [0.2, 0.25) is 5.91 Å². The molecule has 1 aliphatic heterocycles. The largest absolute Gasteiger partial charge is 0.383 e. The third-order valence-corrected chi connectivity index (χ3v) is 8.13. The highest BCUT2D eigenvalue weighted by molar-refractivity contribution is 5.98. The van der Waals surface area contributed by atoms with Gasteiger partial charge in [0.25, 0.3) is 5.91 Å². The van der Waals surface area contributed by atoms with E-state index in [1.54, 1.807) is 24.0 Å². The molecule has 2 aromatic carbocycles. The van der Waals surface area contributed by atoms with E-state index in [1.807, 2.05) is 0 Å². The molecule has 1 unspecified atom stereocenters. The van der Waals surface area contributed by atoms with Gasteiger partial charge in [-0.25, -0.2) is 8.78 Å². The van der Waals surface area contributed by atoms with E-state index in [4.69, 9.17) is 0 Å². The zero-order valence-corrected chi connectivity index (χ0v) is 21.8. The van der Waals surface area contributed by atoms with Gasteiger partial charge in [-0.05, 0) is 81.0 Å².